The molecule has 0 saturated carbocycles. The molecule has 0 aliphatic carbocycles. The van der Waals surface area contributed by atoms with Crippen LogP contribution in [-0.4, -0.2) is 41.0 Å². The number of benzene rings is 1. The average Bonchev–Trinajstić information content (AvgIpc) is 3.23. The number of nitrogens with zero attached hydrogens (tertiary/aromatic N) is 1. The van der Waals surface area contributed by atoms with Crippen molar-refractivity contribution >= 4 is 11.9 Å². The van der Waals surface area contributed by atoms with Crippen molar-refractivity contribution in [1.82, 2.24) is 15.8 Å². The van der Waals surface area contributed by atoms with E-state index < -0.39 is 17.4 Å². The van der Waals surface area contributed by atoms with Crippen LogP contribution in [0, 0.1) is 17.2 Å². The summed E-state index contributed by atoms with van der Waals surface area (Å²) in [7, 11) is 0. The summed E-state index contributed by atoms with van der Waals surface area (Å²) in [4.78, 5) is 26.2. The van der Waals surface area contributed by atoms with E-state index in [1.54, 1.807) is 17.0 Å². The van der Waals surface area contributed by atoms with Gasteiger partial charge in [0.15, 0.2) is 0 Å². The molecule has 3 atom stereocenters. The van der Waals surface area contributed by atoms with Crippen LogP contribution in [0.1, 0.15) is 38.3 Å². The summed E-state index contributed by atoms with van der Waals surface area (Å²) in [5, 5.41) is 9.62. The maximum atomic E-state index is 13.0. The molecule has 2 heterocycles. The van der Waals surface area contributed by atoms with E-state index in [0.717, 1.165) is 5.56 Å². The Hall–Kier alpha value is -1.99. The van der Waals surface area contributed by atoms with E-state index in [1.165, 1.54) is 12.1 Å². The van der Waals surface area contributed by atoms with Crippen LogP contribution in [0.3, 0.4) is 0 Å². The quantitative estimate of drug-likeness (QED) is 0.771. The third-order valence-corrected chi connectivity index (χ3v) is 5.62. The average molecular weight is 349 g/mol. The molecule has 136 valence electrons. The topological polar surface area (TPSA) is 81.7 Å². The van der Waals surface area contributed by atoms with Crippen LogP contribution in [0.4, 0.5) is 4.39 Å². The zero-order valence-corrected chi connectivity index (χ0v) is 14.5. The number of nitrogens with one attached hydrogen (secondary N) is 2. The van der Waals surface area contributed by atoms with Gasteiger partial charge in [-0.25, -0.2) is 15.2 Å². The van der Waals surface area contributed by atoms with E-state index in [1.807, 2.05) is 13.8 Å². The van der Waals surface area contributed by atoms with Crippen molar-refractivity contribution in [2.24, 2.45) is 11.3 Å². The van der Waals surface area contributed by atoms with E-state index in [9.17, 15) is 19.1 Å². The Kier molecular flexibility index (Phi) is 4.79. The maximum absolute atomic E-state index is 13.0. The third kappa shape index (κ3) is 3.26. The lowest BCUT2D eigenvalue weighted by Gasteiger charge is -2.29. The highest BCUT2D eigenvalue weighted by Crippen LogP contribution is 2.38. The predicted octanol–water partition coefficient (Wildman–Crippen LogP) is 1.69. The van der Waals surface area contributed by atoms with Crippen molar-refractivity contribution in [2.45, 2.75) is 38.8 Å². The van der Waals surface area contributed by atoms with Gasteiger partial charge in [-0.05, 0) is 36.5 Å². The third-order valence-electron chi connectivity index (χ3n) is 5.62. The molecular formula is C18H24FN3O3. The van der Waals surface area contributed by atoms with Gasteiger partial charge in [-0.1, -0.05) is 26.0 Å². The number of likely N-dealkylation sites (tertiary alicyclic amines) is 1. The summed E-state index contributed by atoms with van der Waals surface area (Å²) in [6, 6.07) is 5.71. The lowest BCUT2D eigenvalue weighted by atomic mass is 9.76. The van der Waals surface area contributed by atoms with Gasteiger partial charge >= 0.3 is 5.97 Å². The summed E-state index contributed by atoms with van der Waals surface area (Å²) in [5.41, 5.74) is 6.12. The van der Waals surface area contributed by atoms with Gasteiger partial charge in [0.1, 0.15) is 11.9 Å². The van der Waals surface area contributed by atoms with Gasteiger partial charge in [0.25, 0.3) is 0 Å². The number of hydrogen-bond acceptors (Lipinski definition) is 4. The van der Waals surface area contributed by atoms with Gasteiger partial charge in [-0.3, -0.25) is 9.59 Å². The molecule has 3 rings (SSSR count). The smallest absolute Gasteiger partial charge is 0.311 e. The molecule has 1 aromatic carbocycles. The molecule has 3 unspecified atom stereocenters. The molecule has 3 N–H and O–H groups in total. The molecule has 2 saturated heterocycles. The lowest BCUT2D eigenvalue weighted by Crippen LogP contribution is -2.47. The second-order valence-electron chi connectivity index (χ2n) is 7.31. The molecule has 1 amide bonds. The molecule has 0 radical (unpaired) electrons. The molecule has 0 bridgehead atoms. The highest BCUT2D eigenvalue weighted by molar-refractivity contribution is 5.84. The Morgan fingerprint density at radius 2 is 1.96 bits per heavy atom. The van der Waals surface area contributed by atoms with E-state index in [0.29, 0.717) is 19.4 Å². The molecule has 2 fully saturated rings. The van der Waals surface area contributed by atoms with Crippen molar-refractivity contribution in [3.63, 3.8) is 0 Å². The Morgan fingerprint density at radius 3 is 2.52 bits per heavy atom. The lowest BCUT2D eigenvalue weighted by molar-refractivity contribution is -0.151. The number of carbonyl (C=O) groups is 2. The first-order chi connectivity index (χ1) is 11.8. The number of rotatable bonds is 4. The zero-order chi connectivity index (χ0) is 18.2. The molecule has 2 aliphatic rings. The van der Waals surface area contributed by atoms with Gasteiger partial charge < -0.3 is 10.0 Å². The number of carboxylic acid groups (broad SMARTS) is 1. The summed E-state index contributed by atoms with van der Waals surface area (Å²) in [6.07, 6.45) is 1.02. The van der Waals surface area contributed by atoms with Crippen LogP contribution in [0.2, 0.25) is 0 Å². The number of aliphatic carboxylic acids is 1. The van der Waals surface area contributed by atoms with Crippen LogP contribution in [0.25, 0.3) is 0 Å². The van der Waals surface area contributed by atoms with Gasteiger partial charge in [0.2, 0.25) is 5.91 Å². The van der Waals surface area contributed by atoms with Crippen LogP contribution in [0.15, 0.2) is 24.3 Å². The number of hydrazine groups is 1. The summed E-state index contributed by atoms with van der Waals surface area (Å²) in [5.74, 6) is -1.25. The van der Waals surface area contributed by atoms with E-state index in [4.69, 9.17) is 0 Å². The Bertz CT molecular complexity index is 664. The first kappa shape index (κ1) is 17.8. The molecular weight excluding hydrogens is 325 g/mol. The standard InChI is InChI=1S/C18H24FN3O3/c1-11(2)18(17(24)25)7-8-22(10-18)16(23)15-9-14(20-21-15)12-3-5-13(19)6-4-12/h3-6,11,14-15,20-21H,7-10H2,1-2H3,(H,24,25). The number of carboxylic acids is 1. The van der Waals surface area contributed by atoms with Crippen molar-refractivity contribution in [3.05, 3.63) is 35.6 Å². The summed E-state index contributed by atoms with van der Waals surface area (Å²) in [6.45, 7) is 4.49. The minimum atomic E-state index is -0.863. The molecule has 0 aromatic heterocycles. The highest BCUT2D eigenvalue weighted by Gasteiger charge is 2.49. The maximum Gasteiger partial charge on any atom is 0.311 e. The van der Waals surface area contributed by atoms with Gasteiger partial charge in [-0.15, -0.1) is 0 Å². The minimum Gasteiger partial charge on any atom is -0.481 e. The first-order valence-electron chi connectivity index (χ1n) is 8.62. The summed E-state index contributed by atoms with van der Waals surface area (Å²) >= 11 is 0. The van der Waals surface area contributed by atoms with Crippen molar-refractivity contribution in [1.29, 1.82) is 0 Å². The molecule has 0 spiro atoms. The second-order valence-corrected chi connectivity index (χ2v) is 7.31. The fraction of sp³-hybridized carbons (Fsp3) is 0.556. The monoisotopic (exact) mass is 349 g/mol. The number of amides is 1. The SMILES string of the molecule is CC(C)C1(C(=O)O)CCN(C(=O)C2CC(c3ccc(F)cc3)NN2)C1. The molecule has 2 aliphatic heterocycles. The fourth-order valence-corrected chi connectivity index (χ4v) is 3.77. The normalized spacial score (nSPS) is 29.4. The van der Waals surface area contributed by atoms with Crippen LogP contribution in [-0.2, 0) is 9.59 Å². The number of halogens is 1. The van der Waals surface area contributed by atoms with E-state index >= 15 is 0 Å². The zero-order valence-electron chi connectivity index (χ0n) is 14.5. The largest absolute Gasteiger partial charge is 0.481 e. The Morgan fingerprint density at radius 1 is 1.28 bits per heavy atom. The first-order valence-corrected chi connectivity index (χ1v) is 8.62. The Labute approximate surface area is 146 Å². The minimum absolute atomic E-state index is 0.0376. The van der Waals surface area contributed by atoms with Crippen LogP contribution >= 0.6 is 0 Å². The fourth-order valence-electron chi connectivity index (χ4n) is 3.77. The van der Waals surface area contributed by atoms with Gasteiger partial charge in [0.05, 0.1) is 5.41 Å². The molecule has 25 heavy (non-hydrogen) atoms. The Balaban J connectivity index is 1.65. The van der Waals surface area contributed by atoms with Crippen molar-refractivity contribution in [2.75, 3.05) is 13.1 Å². The highest BCUT2D eigenvalue weighted by atomic mass is 19.1. The van der Waals surface area contributed by atoms with Gasteiger partial charge in [-0.2, -0.15) is 0 Å². The number of hydrogen-bond donors (Lipinski definition) is 3. The molecule has 7 heteroatoms. The van der Waals surface area contributed by atoms with Crippen LogP contribution < -0.4 is 10.9 Å². The van der Waals surface area contributed by atoms with Crippen LogP contribution in [0.5, 0.6) is 0 Å². The molecule has 6 nitrogen and oxygen atoms in total. The van der Waals surface area contributed by atoms with E-state index in [-0.39, 0.29) is 30.2 Å². The second kappa shape index (κ2) is 6.72. The van der Waals surface area contributed by atoms with E-state index in [2.05, 4.69) is 10.9 Å². The van der Waals surface area contributed by atoms with Crippen molar-refractivity contribution in [3.8, 4) is 0 Å². The summed E-state index contributed by atoms with van der Waals surface area (Å²) < 4.78 is 13.0. The predicted molar refractivity (Wildman–Crippen MR) is 89.9 cm³/mol. The van der Waals surface area contributed by atoms with Gasteiger partial charge in [0, 0.05) is 19.1 Å². The van der Waals surface area contributed by atoms with Crippen molar-refractivity contribution < 1.29 is 19.1 Å². The molecule has 1 aromatic rings. The number of carbonyl (C=O) groups excluding carboxylic acids is 1.